The Morgan fingerprint density at radius 2 is 1.84 bits per heavy atom. The van der Waals surface area contributed by atoms with Gasteiger partial charge in [-0.3, -0.25) is 0 Å². The molecular formula is C20H24N4O. The average molecular weight is 336 g/mol. The molecule has 0 unspecified atom stereocenters. The number of anilines is 3. The molecule has 25 heavy (non-hydrogen) atoms. The molecule has 2 N–H and O–H groups in total. The number of aromatic nitrogens is 2. The Bertz CT molecular complexity index is 841. The van der Waals surface area contributed by atoms with E-state index in [0.717, 1.165) is 23.1 Å². The molecule has 0 bridgehead atoms. The van der Waals surface area contributed by atoms with Gasteiger partial charge in [-0.05, 0) is 43.0 Å². The van der Waals surface area contributed by atoms with E-state index in [0.29, 0.717) is 18.3 Å². The number of hydrogen-bond acceptors (Lipinski definition) is 5. The van der Waals surface area contributed by atoms with Gasteiger partial charge in [-0.2, -0.15) is 0 Å². The number of aryl methyl sites for hydroxylation is 2. The Morgan fingerprint density at radius 1 is 1.04 bits per heavy atom. The Kier molecular flexibility index (Phi) is 5.03. The summed E-state index contributed by atoms with van der Waals surface area (Å²) >= 11 is 0. The zero-order valence-electron chi connectivity index (χ0n) is 15.1. The number of furan rings is 1. The number of nitrogens with zero attached hydrogens (tertiary/aromatic N) is 2. The summed E-state index contributed by atoms with van der Waals surface area (Å²) in [6.07, 6.45) is 1.67. The van der Waals surface area contributed by atoms with E-state index in [-0.39, 0.29) is 0 Å². The van der Waals surface area contributed by atoms with E-state index in [4.69, 9.17) is 4.42 Å². The number of para-hydroxylation sites is 1. The van der Waals surface area contributed by atoms with Gasteiger partial charge in [0.2, 0.25) is 0 Å². The van der Waals surface area contributed by atoms with Gasteiger partial charge < -0.3 is 15.1 Å². The van der Waals surface area contributed by atoms with E-state index in [1.165, 1.54) is 11.1 Å². The number of rotatable bonds is 6. The molecule has 0 aliphatic rings. The van der Waals surface area contributed by atoms with Crippen LogP contribution >= 0.6 is 0 Å². The molecule has 0 aliphatic carbocycles. The van der Waals surface area contributed by atoms with Gasteiger partial charge in [0.05, 0.1) is 12.8 Å². The van der Waals surface area contributed by atoms with E-state index >= 15 is 0 Å². The van der Waals surface area contributed by atoms with Crippen LogP contribution in [0.4, 0.5) is 17.3 Å². The molecule has 130 valence electrons. The van der Waals surface area contributed by atoms with Crippen LogP contribution in [0.2, 0.25) is 0 Å². The normalized spacial score (nSPS) is 10.9. The van der Waals surface area contributed by atoms with Gasteiger partial charge in [0.1, 0.15) is 23.2 Å². The largest absolute Gasteiger partial charge is 0.467 e. The minimum Gasteiger partial charge on any atom is -0.467 e. The lowest BCUT2D eigenvalue weighted by Crippen LogP contribution is -2.06. The van der Waals surface area contributed by atoms with Gasteiger partial charge in [-0.15, -0.1) is 0 Å². The fraction of sp³-hybridized carbons (Fsp3) is 0.300. The van der Waals surface area contributed by atoms with Crippen LogP contribution in [0.25, 0.3) is 0 Å². The van der Waals surface area contributed by atoms with Crippen LogP contribution in [0.3, 0.4) is 0 Å². The predicted octanol–water partition coefficient (Wildman–Crippen LogP) is 5.17. The van der Waals surface area contributed by atoms with Crippen molar-refractivity contribution in [2.45, 2.75) is 40.2 Å². The molecule has 0 amide bonds. The van der Waals surface area contributed by atoms with E-state index in [2.05, 4.69) is 59.6 Å². The van der Waals surface area contributed by atoms with Crippen molar-refractivity contribution in [3.63, 3.8) is 0 Å². The molecule has 0 saturated carbocycles. The van der Waals surface area contributed by atoms with Gasteiger partial charge in [-0.25, -0.2) is 9.97 Å². The molecule has 0 radical (unpaired) electrons. The highest BCUT2D eigenvalue weighted by Gasteiger charge is 2.11. The zero-order chi connectivity index (χ0) is 17.8. The van der Waals surface area contributed by atoms with E-state index in [1.54, 1.807) is 6.26 Å². The van der Waals surface area contributed by atoms with E-state index in [9.17, 15) is 0 Å². The third-order valence-corrected chi connectivity index (χ3v) is 4.04. The molecule has 0 aliphatic heterocycles. The summed E-state index contributed by atoms with van der Waals surface area (Å²) in [6, 6.07) is 12.1. The van der Waals surface area contributed by atoms with Gasteiger partial charge in [0.25, 0.3) is 0 Å². The van der Waals surface area contributed by atoms with Crippen molar-refractivity contribution in [2.24, 2.45) is 0 Å². The maximum Gasteiger partial charge on any atom is 0.136 e. The third kappa shape index (κ3) is 4.18. The third-order valence-electron chi connectivity index (χ3n) is 4.04. The Labute approximate surface area is 148 Å². The highest BCUT2D eigenvalue weighted by Crippen LogP contribution is 2.30. The van der Waals surface area contributed by atoms with Crippen molar-refractivity contribution in [1.29, 1.82) is 0 Å². The molecule has 0 saturated heterocycles. The fourth-order valence-electron chi connectivity index (χ4n) is 2.78. The fourth-order valence-corrected chi connectivity index (χ4v) is 2.78. The molecule has 0 atom stereocenters. The molecular weight excluding hydrogens is 312 g/mol. The first-order chi connectivity index (χ1) is 12.0. The second-order valence-corrected chi connectivity index (χ2v) is 6.44. The first-order valence-electron chi connectivity index (χ1n) is 8.51. The minimum absolute atomic E-state index is 0.432. The molecule has 1 aromatic carbocycles. The van der Waals surface area contributed by atoms with Crippen molar-refractivity contribution in [3.8, 4) is 0 Å². The lowest BCUT2D eigenvalue weighted by Gasteiger charge is -2.17. The monoisotopic (exact) mass is 336 g/mol. The van der Waals surface area contributed by atoms with E-state index in [1.807, 2.05) is 25.1 Å². The van der Waals surface area contributed by atoms with Crippen molar-refractivity contribution >= 4 is 17.3 Å². The smallest absolute Gasteiger partial charge is 0.136 e. The zero-order valence-corrected chi connectivity index (χ0v) is 15.1. The first-order valence-corrected chi connectivity index (χ1v) is 8.51. The van der Waals surface area contributed by atoms with Crippen molar-refractivity contribution in [1.82, 2.24) is 9.97 Å². The summed E-state index contributed by atoms with van der Waals surface area (Å²) in [5, 5.41) is 6.76. The molecule has 2 aromatic heterocycles. The van der Waals surface area contributed by atoms with Crippen LogP contribution in [-0.4, -0.2) is 9.97 Å². The predicted molar refractivity (Wildman–Crippen MR) is 101 cm³/mol. The van der Waals surface area contributed by atoms with Crippen LogP contribution in [0.1, 0.15) is 42.5 Å². The standard InChI is InChI=1S/C20H24N4O/c1-13(2)17-9-5-7-14(3)20(17)24-19-11-18(22-15(4)23-19)21-12-16-8-6-10-25-16/h5-11,13H,12H2,1-4H3,(H2,21,22,23,24). The molecule has 5 heteroatoms. The molecule has 3 rings (SSSR count). The maximum absolute atomic E-state index is 5.35. The van der Waals surface area contributed by atoms with Crippen molar-refractivity contribution in [2.75, 3.05) is 10.6 Å². The number of nitrogens with one attached hydrogen (secondary N) is 2. The molecule has 0 fully saturated rings. The van der Waals surface area contributed by atoms with Gasteiger partial charge in [0.15, 0.2) is 0 Å². The summed E-state index contributed by atoms with van der Waals surface area (Å²) in [7, 11) is 0. The minimum atomic E-state index is 0.432. The van der Waals surface area contributed by atoms with Crippen LogP contribution < -0.4 is 10.6 Å². The van der Waals surface area contributed by atoms with Crippen LogP contribution in [0.5, 0.6) is 0 Å². The first kappa shape index (κ1) is 17.0. The number of benzene rings is 1. The van der Waals surface area contributed by atoms with Gasteiger partial charge in [0, 0.05) is 11.8 Å². The lowest BCUT2D eigenvalue weighted by molar-refractivity contribution is 0.518. The molecule has 0 spiro atoms. The summed E-state index contributed by atoms with van der Waals surface area (Å²) in [5.41, 5.74) is 3.60. The molecule has 3 aromatic rings. The quantitative estimate of drug-likeness (QED) is 0.650. The summed E-state index contributed by atoms with van der Waals surface area (Å²) in [6.45, 7) is 8.98. The maximum atomic E-state index is 5.35. The highest BCUT2D eigenvalue weighted by atomic mass is 16.3. The highest BCUT2D eigenvalue weighted by molar-refractivity contribution is 5.67. The van der Waals surface area contributed by atoms with Crippen LogP contribution in [0.15, 0.2) is 47.1 Å². The van der Waals surface area contributed by atoms with E-state index < -0.39 is 0 Å². The Morgan fingerprint density at radius 3 is 2.56 bits per heavy atom. The summed E-state index contributed by atoms with van der Waals surface area (Å²) < 4.78 is 5.35. The lowest BCUT2D eigenvalue weighted by atomic mass is 9.98. The topological polar surface area (TPSA) is 63.0 Å². The summed E-state index contributed by atoms with van der Waals surface area (Å²) in [4.78, 5) is 8.98. The second kappa shape index (κ2) is 7.38. The average Bonchev–Trinajstić information content (AvgIpc) is 3.07. The van der Waals surface area contributed by atoms with Crippen molar-refractivity contribution in [3.05, 3.63) is 65.4 Å². The van der Waals surface area contributed by atoms with Gasteiger partial charge >= 0.3 is 0 Å². The Balaban J connectivity index is 1.83. The SMILES string of the molecule is Cc1nc(NCc2ccco2)cc(Nc2c(C)cccc2C(C)C)n1. The number of hydrogen-bond donors (Lipinski definition) is 2. The molecule has 5 nitrogen and oxygen atoms in total. The van der Waals surface area contributed by atoms with Crippen LogP contribution in [-0.2, 0) is 6.54 Å². The van der Waals surface area contributed by atoms with Crippen molar-refractivity contribution < 1.29 is 4.42 Å². The van der Waals surface area contributed by atoms with Crippen LogP contribution in [0, 0.1) is 13.8 Å². The summed E-state index contributed by atoms with van der Waals surface area (Å²) in [5.74, 6) is 3.57. The van der Waals surface area contributed by atoms with Gasteiger partial charge in [-0.1, -0.05) is 32.0 Å². The Hall–Kier alpha value is -2.82. The molecule has 2 heterocycles. The second-order valence-electron chi connectivity index (χ2n) is 6.44.